The lowest BCUT2D eigenvalue weighted by Crippen LogP contribution is -2.03. The Kier molecular flexibility index (Phi) is 6.68. The summed E-state index contributed by atoms with van der Waals surface area (Å²) in [5, 5.41) is 2.55. The van der Waals surface area contributed by atoms with Crippen molar-refractivity contribution in [3.63, 3.8) is 0 Å². The van der Waals surface area contributed by atoms with Crippen molar-refractivity contribution in [2.24, 2.45) is 0 Å². The normalized spacial score (nSPS) is 10.8. The molecule has 156 valence electrons. The van der Waals surface area contributed by atoms with E-state index >= 15 is 0 Å². The van der Waals surface area contributed by atoms with Crippen molar-refractivity contribution in [3.8, 4) is 22.8 Å². The van der Waals surface area contributed by atoms with Crippen molar-refractivity contribution >= 4 is 31.5 Å². The van der Waals surface area contributed by atoms with Crippen LogP contribution in [0.25, 0.3) is 42.9 Å². The van der Waals surface area contributed by atoms with E-state index < -0.39 is 0 Å². The molecular weight excluding hydrogens is 398 g/mol. The number of aryl methyl sites for hydroxylation is 1. The van der Waals surface area contributed by atoms with Crippen molar-refractivity contribution in [3.05, 3.63) is 78.6 Å². The highest BCUT2D eigenvalue weighted by molar-refractivity contribution is 7.26. The quantitative estimate of drug-likeness (QED) is 0.287. The zero-order valence-corrected chi connectivity index (χ0v) is 19.1. The van der Waals surface area contributed by atoms with Crippen molar-refractivity contribution in [1.82, 2.24) is 15.0 Å². The molecule has 5 aromatic rings. The fourth-order valence-corrected chi connectivity index (χ4v) is 4.84. The molecule has 0 aliphatic heterocycles. The van der Waals surface area contributed by atoms with Crippen molar-refractivity contribution in [2.45, 2.75) is 40.0 Å². The Hall–Kier alpha value is -3.11. The number of benzene rings is 3. The van der Waals surface area contributed by atoms with Gasteiger partial charge in [0.1, 0.15) is 5.82 Å². The number of hydrogen-bond donors (Lipinski definition) is 0. The zero-order valence-electron chi connectivity index (χ0n) is 18.3. The first-order valence-corrected chi connectivity index (χ1v) is 11.9. The predicted molar refractivity (Wildman–Crippen MR) is 134 cm³/mol. The number of hydrogen-bond acceptors (Lipinski definition) is 4. The summed E-state index contributed by atoms with van der Waals surface area (Å²) in [5.74, 6) is 2.38. The molecule has 2 heterocycles. The monoisotopic (exact) mass is 425 g/mol. The van der Waals surface area contributed by atoms with E-state index in [1.54, 1.807) is 0 Å². The molecule has 4 heteroatoms. The molecule has 0 atom stereocenters. The highest BCUT2D eigenvalue weighted by atomic mass is 32.1. The minimum atomic E-state index is 0.750. The Morgan fingerprint density at radius 2 is 1.42 bits per heavy atom. The lowest BCUT2D eigenvalue weighted by atomic mass is 10.1. The Bertz CT molecular complexity index is 1290. The highest BCUT2D eigenvalue weighted by Crippen LogP contribution is 2.39. The number of fused-ring (bicyclic) bond motifs is 3. The molecule has 0 N–H and O–H groups in total. The summed E-state index contributed by atoms with van der Waals surface area (Å²) in [6.45, 7) is 6.19. The van der Waals surface area contributed by atoms with Gasteiger partial charge in [-0.05, 0) is 18.6 Å². The average Bonchev–Trinajstić information content (AvgIpc) is 3.23. The van der Waals surface area contributed by atoms with Crippen LogP contribution in [0, 0.1) is 0 Å². The SMILES string of the molecule is CC.CCCCc1nc(-c2ccccc2)nc(-c2cccc3c2sc2ccccc23)n1. The maximum absolute atomic E-state index is 4.89. The molecule has 0 fully saturated rings. The molecule has 2 aromatic heterocycles. The smallest absolute Gasteiger partial charge is 0.165 e. The van der Waals surface area contributed by atoms with E-state index in [9.17, 15) is 0 Å². The molecule has 0 saturated carbocycles. The Labute approximate surface area is 187 Å². The van der Waals surface area contributed by atoms with Gasteiger partial charge in [0, 0.05) is 37.7 Å². The second-order valence-electron chi connectivity index (χ2n) is 7.15. The van der Waals surface area contributed by atoms with Crippen LogP contribution in [0.1, 0.15) is 39.4 Å². The van der Waals surface area contributed by atoms with E-state index in [2.05, 4.69) is 61.5 Å². The fourth-order valence-electron chi connectivity index (χ4n) is 3.63. The molecule has 0 unspecified atom stereocenters. The molecule has 0 bridgehead atoms. The van der Waals surface area contributed by atoms with Crippen molar-refractivity contribution in [1.29, 1.82) is 0 Å². The van der Waals surface area contributed by atoms with Gasteiger partial charge >= 0.3 is 0 Å². The lowest BCUT2D eigenvalue weighted by molar-refractivity contribution is 0.748. The van der Waals surface area contributed by atoms with Gasteiger partial charge in [-0.2, -0.15) is 0 Å². The van der Waals surface area contributed by atoms with Gasteiger partial charge in [-0.1, -0.05) is 87.9 Å². The molecule has 0 aliphatic carbocycles. The first kappa shape index (κ1) is 21.1. The van der Waals surface area contributed by atoms with Crippen LogP contribution in [0.4, 0.5) is 0 Å². The van der Waals surface area contributed by atoms with Gasteiger partial charge in [0.2, 0.25) is 0 Å². The van der Waals surface area contributed by atoms with Gasteiger partial charge in [0.15, 0.2) is 11.6 Å². The van der Waals surface area contributed by atoms with Crippen LogP contribution in [0.3, 0.4) is 0 Å². The minimum Gasteiger partial charge on any atom is -0.213 e. The van der Waals surface area contributed by atoms with Crippen molar-refractivity contribution in [2.75, 3.05) is 0 Å². The third kappa shape index (κ3) is 4.35. The highest BCUT2D eigenvalue weighted by Gasteiger charge is 2.15. The summed E-state index contributed by atoms with van der Waals surface area (Å²) in [7, 11) is 0. The van der Waals surface area contributed by atoms with Crippen LogP contribution >= 0.6 is 11.3 Å². The molecule has 0 aliphatic rings. The molecule has 0 spiro atoms. The van der Waals surface area contributed by atoms with E-state index in [4.69, 9.17) is 15.0 Å². The molecule has 0 amide bonds. The third-order valence-electron chi connectivity index (χ3n) is 5.11. The van der Waals surface area contributed by atoms with Crippen LogP contribution < -0.4 is 0 Å². The van der Waals surface area contributed by atoms with E-state index in [-0.39, 0.29) is 0 Å². The largest absolute Gasteiger partial charge is 0.213 e. The number of unbranched alkanes of at least 4 members (excludes halogenated alkanes) is 1. The van der Waals surface area contributed by atoms with Crippen LogP contribution in [0.5, 0.6) is 0 Å². The number of thiophene rings is 1. The number of nitrogens with zero attached hydrogens (tertiary/aromatic N) is 3. The lowest BCUT2D eigenvalue weighted by Gasteiger charge is -2.08. The Balaban J connectivity index is 0.00000112. The van der Waals surface area contributed by atoms with E-state index in [0.29, 0.717) is 0 Å². The Morgan fingerprint density at radius 3 is 2.23 bits per heavy atom. The molecule has 0 saturated heterocycles. The van der Waals surface area contributed by atoms with E-state index in [1.807, 2.05) is 43.4 Å². The summed E-state index contributed by atoms with van der Waals surface area (Å²) in [6, 6.07) is 25.2. The molecule has 3 nitrogen and oxygen atoms in total. The molecule has 0 radical (unpaired) electrons. The van der Waals surface area contributed by atoms with E-state index in [0.717, 1.165) is 47.9 Å². The summed E-state index contributed by atoms with van der Waals surface area (Å²) in [5.41, 5.74) is 2.11. The third-order valence-corrected chi connectivity index (χ3v) is 6.33. The van der Waals surface area contributed by atoms with Crippen molar-refractivity contribution < 1.29 is 0 Å². The van der Waals surface area contributed by atoms with Gasteiger partial charge in [0.25, 0.3) is 0 Å². The summed E-state index contributed by atoms with van der Waals surface area (Å²) < 4.78 is 2.53. The second kappa shape index (κ2) is 9.80. The summed E-state index contributed by atoms with van der Waals surface area (Å²) in [6.07, 6.45) is 3.06. The predicted octanol–water partition coefficient (Wildman–Crippen LogP) is 7.94. The van der Waals surface area contributed by atoms with Gasteiger partial charge in [0.05, 0.1) is 0 Å². The summed E-state index contributed by atoms with van der Waals surface area (Å²) >= 11 is 1.81. The molecular formula is C27H27N3S. The van der Waals surface area contributed by atoms with Crippen LogP contribution in [-0.2, 0) is 6.42 Å². The van der Waals surface area contributed by atoms with Gasteiger partial charge in [-0.3, -0.25) is 0 Å². The molecule has 31 heavy (non-hydrogen) atoms. The van der Waals surface area contributed by atoms with Gasteiger partial charge in [-0.25, -0.2) is 15.0 Å². The number of aromatic nitrogens is 3. The van der Waals surface area contributed by atoms with Crippen LogP contribution in [0.2, 0.25) is 0 Å². The van der Waals surface area contributed by atoms with Gasteiger partial charge in [-0.15, -0.1) is 11.3 Å². The first-order valence-electron chi connectivity index (χ1n) is 11.0. The van der Waals surface area contributed by atoms with Crippen LogP contribution in [-0.4, -0.2) is 15.0 Å². The molecule has 3 aromatic carbocycles. The Morgan fingerprint density at radius 1 is 0.710 bits per heavy atom. The fraction of sp³-hybridized carbons (Fsp3) is 0.222. The van der Waals surface area contributed by atoms with Gasteiger partial charge < -0.3 is 0 Å². The second-order valence-corrected chi connectivity index (χ2v) is 8.20. The standard InChI is InChI=1S/C25H21N3S.C2H6/c1-2-3-16-22-26-24(17-10-5-4-6-11-17)28-25(27-22)20-14-9-13-19-18-12-7-8-15-21(18)29-23(19)20;1-2/h4-15H,2-3,16H2,1H3;1-2H3. The topological polar surface area (TPSA) is 38.7 Å². The average molecular weight is 426 g/mol. The number of rotatable bonds is 5. The first-order chi connectivity index (χ1) is 15.3. The van der Waals surface area contributed by atoms with Crippen LogP contribution in [0.15, 0.2) is 72.8 Å². The minimum absolute atomic E-state index is 0.750. The summed E-state index contributed by atoms with van der Waals surface area (Å²) in [4.78, 5) is 14.5. The maximum atomic E-state index is 4.89. The zero-order chi connectivity index (χ0) is 21.6. The maximum Gasteiger partial charge on any atom is 0.165 e. The van der Waals surface area contributed by atoms with E-state index in [1.165, 1.54) is 20.2 Å². The molecule has 5 rings (SSSR count).